The average molecular weight is 306 g/mol. The normalized spacial score (nSPS) is 17.2. The fourth-order valence-electron chi connectivity index (χ4n) is 1.81. The number of alkyl halides is 1. The topological polar surface area (TPSA) is 25.4 Å². The summed E-state index contributed by atoms with van der Waals surface area (Å²) in [6.45, 7) is 3.47. The van der Waals surface area contributed by atoms with Gasteiger partial charge in [0.15, 0.2) is 0 Å². The van der Waals surface area contributed by atoms with Gasteiger partial charge in [0.2, 0.25) is 0 Å². The van der Waals surface area contributed by atoms with Crippen molar-refractivity contribution in [1.82, 2.24) is 4.98 Å². The van der Waals surface area contributed by atoms with Crippen LogP contribution < -0.4 is 4.90 Å². The van der Waals surface area contributed by atoms with Crippen molar-refractivity contribution in [2.24, 2.45) is 0 Å². The number of ether oxygens (including phenoxy) is 1. The number of hydrogen-bond acceptors (Lipinski definition) is 3. The second kappa shape index (κ2) is 5.84. The highest BCUT2D eigenvalue weighted by atomic mass is 79.9. The van der Waals surface area contributed by atoms with Crippen molar-refractivity contribution in [2.45, 2.75) is 12.3 Å². The van der Waals surface area contributed by atoms with Crippen LogP contribution >= 0.6 is 27.5 Å². The second-order valence-corrected chi connectivity index (χ2v) is 4.91. The summed E-state index contributed by atoms with van der Waals surface area (Å²) in [4.78, 5) is 6.70. The second-order valence-electron chi connectivity index (χ2n) is 3.72. The van der Waals surface area contributed by atoms with Gasteiger partial charge in [-0.15, -0.1) is 11.6 Å². The summed E-state index contributed by atoms with van der Waals surface area (Å²) in [5.41, 5.74) is 1.07. The summed E-state index contributed by atoms with van der Waals surface area (Å²) in [7, 11) is 0. The molecule has 0 aliphatic carbocycles. The monoisotopic (exact) mass is 304 g/mol. The van der Waals surface area contributed by atoms with Crippen molar-refractivity contribution >= 4 is 33.3 Å². The summed E-state index contributed by atoms with van der Waals surface area (Å²) in [5.74, 6) is 1.47. The number of nitrogens with zero attached hydrogens (tertiary/aromatic N) is 2. The summed E-state index contributed by atoms with van der Waals surface area (Å²) >= 11 is 9.36. The maximum Gasteiger partial charge on any atom is 0.133 e. The van der Waals surface area contributed by atoms with E-state index in [-0.39, 0.29) is 0 Å². The van der Waals surface area contributed by atoms with Crippen molar-refractivity contribution < 1.29 is 4.74 Å². The number of aromatic nitrogens is 1. The molecule has 5 heteroatoms. The molecular formula is C11H14BrClN2O. The molecule has 1 aliphatic heterocycles. The van der Waals surface area contributed by atoms with E-state index in [0.717, 1.165) is 48.6 Å². The molecule has 0 atom stereocenters. The smallest absolute Gasteiger partial charge is 0.133 e. The molecular weight excluding hydrogens is 291 g/mol. The molecule has 1 aliphatic rings. The van der Waals surface area contributed by atoms with Crippen molar-refractivity contribution in [1.29, 1.82) is 0 Å². The predicted molar refractivity (Wildman–Crippen MR) is 69.1 cm³/mol. The molecule has 88 valence electrons. The van der Waals surface area contributed by atoms with E-state index in [0.29, 0.717) is 5.88 Å². The molecule has 16 heavy (non-hydrogen) atoms. The lowest BCUT2D eigenvalue weighted by Gasteiger charge is -2.23. The van der Waals surface area contributed by atoms with Crippen molar-refractivity contribution in [3.05, 3.63) is 22.3 Å². The molecule has 0 unspecified atom stereocenters. The van der Waals surface area contributed by atoms with Crippen LogP contribution in [-0.4, -0.2) is 31.3 Å². The van der Waals surface area contributed by atoms with Gasteiger partial charge in [-0.05, 0) is 28.4 Å². The van der Waals surface area contributed by atoms with Gasteiger partial charge >= 0.3 is 0 Å². The average Bonchev–Trinajstić information content (AvgIpc) is 2.57. The van der Waals surface area contributed by atoms with Crippen LogP contribution in [0.4, 0.5) is 5.82 Å². The molecule has 0 radical (unpaired) electrons. The molecule has 0 aromatic carbocycles. The zero-order chi connectivity index (χ0) is 11.4. The van der Waals surface area contributed by atoms with E-state index >= 15 is 0 Å². The molecule has 1 aromatic heterocycles. The van der Waals surface area contributed by atoms with Gasteiger partial charge in [-0.1, -0.05) is 0 Å². The first-order valence-corrected chi connectivity index (χ1v) is 6.67. The number of pyridine rings is 1. The zero-order valence-corrected chi connectivity index (χ0v) is 11.3. The van der Waals surface area contributed by atoms with Crippen LogP contribution in [0.2, 0.25) is 0 Å². The Balaban J connectivity index is 2.23. The molecule has 2 rings (SSSR count). The Morgan fingerprint density at radius 1 is 1.44 bits per heavy atom. The minimum absolute atomic E-state index is 0.485. The van der Waals surface area contributed by atoms with Gasteiger partial charge in [-0.3, -0.25) is 0 Å². The van der Waals surface area contributed by atoms with Gasteiger partial charge in [0.25, 0.3) is 0 Å². The lowest BCUT2D eigenvalue weighted by Crippen LogP contribution is -2.27. The third-order valence-electron chi connectivity index (χ3n) is 2.58. The van der Waals surface area contributed by atoms with Gasteiger partial charge in [-0.25, -0.2) is 4.98 Å². The summed E-state index contributed by atoms with van der Waals surface area (Å²) in [5, 5.41) is 0. The van der Waals surface area contributed by atoms with Crippen molar-refractivity contribution in [2.75, 3.05) is 31.2 Å². The lowest BCUT2D eigenvalue weighted by atomic mass is 10.2. The molecule has 0 saturated carbocycles. The number of hydrogen-bond donors (Lipinski definition) is 0. The van der Waals surface area contributed by atoms with Gasteiger partial charge in [-0.2, -0.15) is 0 Å². The third kappa shape index (κ3) is 2.87. The van der Waals surface area contributed by atoms with Crippen LogP contribution in [0.25, 0.3) is 0 Å². The first-order chi connectivity index (χ1) is 7.81. The highest BCUT2D eigenvalue weighted by molar-refractivity contribution is 9.10. The number of anilines is 1. The maximum absolute atomic E-state index is 5.95. The largest absolute Gasteiger partial charge is 0.380 e. The fourth-order valence-corrected chi connectivity index (χ4v) is 2.39. The molecule has 3 nitrogen and oxygen atoms in total. The Labute approximate surface area is 109 Å². The van der Waals surface area contributed by atoms with E-state index < -0.39 is 0 Å². The minimum atomic E-state index is 0.485. The molecule has 0 amide bonds. The van der Waals surface area contributed by atoms with E-state index in [2.05, 4.69) is 25.8 Å². The quantitative estimate of drug-likeness (QED) is 0.786. The molecule has 1 fully saturated rings. The van der Waals surface area contributed by atoms with E-state index in [4.69, 9.17) is 16.3 Å². The van der Waals surface area contributed by atoms with Crippen molar-refractivity contribution in [3.8, 4) is 0 Å². The van der Waals surface area contributed by atoms with Crippen LogP contribution in [0.1, 0.15) is 12.0 Å². The van der Waals surface area contributed by atoms with Gasteiger partial charge < -0.3 is 9.64 Å². The van der Waals surface area contributed by atoms with Gasteiger partial charge in [0.1, 0.15) is 5.82 Å². The van der Waals surface area contributed by atoms with Crippen LogP contribution in [0, 0.1) is 0 Å². The third-order valence-corrected chi connectivity index (χ3v) is 3.30. The summed E-state index contributed by atoms with van der Waals surface area (Å²) < 4.78 is 6.40. The van der Waals surface area contributed by atoms with E-state index in [1.165, 1.54) is 0 Å². The molecule has 0 spiro atoms. The summed E-state index contributed by atoms with van der Waals surface area (Å²) in [6.07, 6.45) is 2.86. The highest BCUT2D eigenvalue weighted by Crippen LogP contribution is 2.23. The van der Waals surface area contributed by atoms with Crippen LogP contribution in [0.3, 0.4) is 0 Å². The molecule has 0 bridgehead atoms. The van der Waals surface area contributed by atoms with Gasteiger partial charge in [0, 0.05) is 35.9 Å². The molecule has 2 heterocycles. The Kier molecular flexibility index (Phi) is 4.44. The zero-order valence-electron chi connectivity index (χ0n) is 8.96. The molecule has 0 N–H and O–H groups in total. The minimum Gasteiger partial charge on any atom is -0.380 e. The Morgan fingerprint density at radius 3 is 3.12 bits per heavy atom. The first-order valence-electron chi connectivity index (χ1n) is 5.34. The predicted octanol–water partition coefficient (Wildman–Crippen LogP) is 2.81. The van der Waals surface area contributed by atoms with Gasteiger partial charge in [0.05, 0.1) is 12.5 Å². The Morgan fingerprint density at radius 2 is 2.31 bits per heavy atom. The standard InChI is InChI=1S/C11H14BrClN2O/c12-10-6-9(7-13)11(14-8-10)15-2-1-4-16-5-3-15/h6,8H,1-5,7H2. The maximum atomic E-state index is 5.95. The van der Waals surface area contributed by atoms with Crippen LogP contribution in [0.15, 0.2) is 16.7 Å². The fraction of sp³-hybridized carbons (Fsp3) is 0.545. The number of halogens is 2. The summed E-state index contributed by atoms with van der Waals surface area (Å²) in [6, 6.07) is 2.03. The Bertz CT molecular complexity index is 354. The highest BCUT2D eigenvalue weighted by Gasteiger charge is 2.14. The SMILES string of the molecule is ClCc1cc(Br)cnc1N1CCCOCC1. The van der Waals surface area contributed by atoms with Crippen LogP contribution in [0.5, 0.6) is 0 Å². The van der Waals surface area contributed by atoms with E-state index in [1.54, 1.807) is 0 Å². The Hall–Kier alpha value is -0.320. The lowest BCUT2D eigenvalue weighted by molar-refractivity contribution is 0.152. The first kappa shape index (κ1) is 12.1. The number of rotatable bonds is 2. The molecule has 1 aromatic rings. The molecule has 1 saturated heterocycles. The van der Waals surface area contributed by atoms with Crippen LogP contribution in [-0.2, 0) is 10.6 Å². The van der Waals surface area contributed by atoms with E-state index in [1.807, 2.05) is 12.3 Å². The van der Waals surface area contributed by atoms with E-state index in [9.17, 15) is 0 Å². The van der Waals surface area contributed by atoms with Crippen molar-refractivity contribution in [3.63, 3.8) is 0 Å².